The first kappa shape index (κ1) is 53.3. The van der Waals surface area contributed by atoms with E-state index in [9.17, 15) is 38.4 Å². The number of thiophene rings is 1. The van der Waals surface area contributed by atoms with Crippen molar-refractivity contribution in [1.82, 2.24) is 39.2 Å². The molecule has 25 heteroatoms. The first-order valence-corrected chi connectivity index (χ1v) is 32.2. The first-order chi connectivity index (χ1) is 33.4. The monoisotopic (exact) mass is 1120 g/mol. The van der Waals surface area contributed by atoms with Crippen LogP contribution >= 0.6 is 97.7 Å². The lowest BCUT2D eigenvalue weighted by Gasteiger charge is -2.56. The van der Waals surface area contributed by atoms with Crippen molar-refractivity contribution in [2.45, 2.75) is 95.0 Å². The third-order valence-electron chi connectivity index (χ3n) is 12.4. The third kappa shape index (κ3) is 9.65. The fraction of sp³-hybridized carbons (Fsp3) is 0.511. The quantitative estimate of drug-likeness (QED) is 0.164. The lowest BCUT2D eigenvalue weighted by molar-refractivity contribution is -0.161. The van der Waals surface area contributed by atoms with Gasteiger partial charge in [-0.2, -0.15) is 0 Å². The third-order valence-corrected chi connectivity index (χ3v) is 25.4. The van der Waals surface area contributed by atoms with Crippen LogP contribution in [0.15, 0.2) is 79.3 Å². The molecule has 0 saturated carbocycles. The Kier molecular flexibility index (Phi) is 16.6. The predicted molar refractivity (Wildman–Crippen MR) is 289 cm³/mol. The summed E-state index contributed by atoms with van der Waals surface area (Å²) in [6.45, 7) is 28.6. The minimum Gasteiger partial charge on any atom is -0.316 e. The van der Waals surface area contributed by atoms with Crippen molar-refractivity contribution in [3.63, 3.8) is 0 Å². The van der Waals surface area contributed by atoms with Gasteiger partial charge in [0.1, 0.15) is 0 Å². The Hall–Kier alpha value is -3.04. The molecule has 14 aliphatic rings. The molecule has 0 N–H and O–H groups in total. The topological polar surface area (TPSA) is 162 Å². The second-order valence-corrected chi connectivity index (χ2v) is 28.9. The summed E-state index contributed by atoms with van der Waals surface area (Å²) in [6, 6.07) is 3.95. The lowest BCUT2D eigenvalue weighted by Crippen LogP contribution is -2.73. The first-order valence-electron chi connectivity index (χ1n) is 22.4. The number of carbonyl (C=O) groups excluding carboxylic acids is 8. The van der Waals surface area contributed by atoms with Crippen LogP contribution in [0.3, 0.4) is 0 Å². The largest absolute Gasteiger partial charge is 0.316 e. The van der Waals surface area contributed by atoms with E-state index < -0.39 is 42.0 Å². The molecule has 16 nitrogen and oxygen atoms in total. The van der Waals surface area contributed by atoms with E-state index in [2.05, 4.69) is 32.9 Å². The van der Waals surface area contributed by atoms with Gasteiger partial charge >= 0.3 is 0 Å². The van der Waals surface area contributed by atoms with Crippen molar-refractivity contribution in [2.75, 3.05) is 45.8 Å². The summed E-state index contributed by atoms with van der Waals surface area (Å²) >= 11 is 1.61. The molecule has 14 fully saturated rings. The van der Waals surface area contributed by atoms with Gasteiger partial charge in [-0.05, 0) is 57.9 Å². The van der Waals surface area contributed by atoms with Gasteiger partial charge < -0.3 is 39.2 Å². The number of hydrogen-bond acceptors (Lipinski definition) is 17. The fourth-order valence-corrected chi connectivity index (χ4v) is 22.8. The van der Waals surface area contributed by atoms with E-state index in [-0.39, 0.29) is 47.3 Å². The van der Waals surface area contributed by atoms with E-state index in [0.29, 0.717) is 39.3 Å². The molecule has 70 heavy (non-hydrogen) atoms. The van der Waals surface area contributed by atoms with Gasteiger partial charge in [0, 0.05) is 50.7 Å². The van der Waals surface area contributed by atoms with Crippen LogP contribution in [0.2, 0.25) is 0 Å². The molecule has 8 atom stereocenters. The molecule has 1 aromatic heterocycles. The molecule has 376 valence electrons. The molecule has 0 aromatic carbocycles. The number of hydrogen-bond donors (Lipinski definition) is 0. The molecule has 8 amide bonds. The SMILES string of the molecule is C=C(C)CN1C(=O)C2SSC1C(=O)N2CC(=C)C.C=CCN1C(=O)C2SSC1C(=O)N2CC(=C)C.C=CCN1C(=O)C2SSC1C(=O)N2Cc1cccs1.O=C1N2CCCC23SSC12CCCN2C3=O. The Morgan fingerprint density at radius 1 is 0.543 bits per heavy atom. The molecule has 0 radical (unpaired) electrons. The van der Waals surface area contributed by atoms with Crippen LogP contribution in [-0.2, 0) is 44.9 Å². The molecule has 2 spiro atoms. The maximum absolute atomic E-state index is 12.5. The number of carbonyl (C=O) groups is 8. The predicted octanol–water partition coefficient (Wildman–Crippen LogP) is 6.51. The Morgan fingerprint density at radius 2 is 0.871 bits per heavy atom. The highest BCUT2D eigenvalue weighted by Gasteiger charge is 2.71. The summed E-state index contributed by atoms with van der Waals surface area (Å²) in [5.41, 5.74) is 2.67. The van der Waals surface area contributed by atoms with Gasteiger partial charge in [-0.1, -0.05) is 141 Å². The Balaban J connectivity index is 0.000000126. The van der Waals surface area contributed by atoms with Gasteiger partial charge in [-0.3, -0.25) is 38.4 Å². The summed E-state index contributed by atoms with van der Waals surface area (Å²) in [7, 11) is 12.1. The molecule has 1 aromatic rings. The van der Waals surface area contributed by atoms with E-state index in [4.69, 9.17) is 0 Å². The van der Waals surface area contributed by atoms with Gasteiger partial charge in [-0.25, -0.2) is 0 Å². The molecular weight excluding hydrogens is 1070 g/mol. The van der Waals surface area contributed by atoms with Gasteiger partial charge in [-0.15, -0.1) is 24.5 Å². The molecule has 8 bridgehead atoms. The zero-order chi connectivity index (χ0) is 50.4. The zero-order valence-corrected chi connectivity index (χ0v) is 46.2. The number of fused-ring (bicyclic) bond motifs is 10. The van der Waals surface area contributed by atoms with Crippen LogP contribution in [0.25, 0.3) is 0 Å². The highest BCUT2D eigenvalue weighted by Crippen LogP contribution is 2.65. The number of piperazine rings is 4. The van der Waals surface area contributed by atoms with E-state index >= 15 is 0 Å². The number of nitrogens with zero attached hydrogens (tertiary/aromatic N) is 8. The molecule has 8 unspecified atom stereocenters. The minimum atomic E-state index is -0.534. The lowest BCUT2D eigenvalue weighted by atomic mass is 10.0. The van der Waals surface area contributed by atoms with Crippen molar-refractivity contribution in [3.8, 4) is 0 Å². The minimum absolute atomic E-state index is 0.000463. The summed E-state index contributed by atoms with van der Waals surface area (Å²) in [5, 5.41) is -0.462. The summed E-state index contributed by atoms with van der Waals surface area (Å²) in [6.07, 6.45) is 6.93. The summed E-state index contributed by atoms with van der Waals surface area (Å²) in [5.74, 6) is 0.466. The van der Waals surface area contributed by atoms with Crippen LogP contribution in [0.4, 0.5) is 0 Å². The average molecular weight is 1120 g/mol. The highest BCUT2D eigenvalue weighted by atomic mass is 33.1. The standard InChI is InChI=1S/C12H12N2O2S3.C12H16N2O2S2.C11H14N2O2S2.C10H12N2O2S2/c1-2-5-13-9(15)12-14(7-8-4-3-6-17-8)10(16)11(13)18-19-12;1-7(2)5-13-9(15)12-14(6-8(3)4)10(16)11(13)17-18-12;1-4-5-12-8(14)11-13(6-7(2)3)9(15)10(12)16-17-11;13-7-9-3-1-5-11(9)8(14)10(16-15-9)4-2-6-12(7)10/h2-4,6,11-12H,1,5,7H2;11-12H,1,3,5-6H2,2,4H3;4,10-11H,1-2,5-6H2,3H3;1-6H2. The Bertz CT molecular complexity index is 2330. The van der Waals surface area contributed by atoms with Crippen LogP contribution in [0, 0.1) is 0 Å². The van der Waals surface area contributed by atoms with Gasteiger partial charge in [0.15, 0.2) is 42.0 Å². The van der Waals surface area contributed by atoms with Crippen LogP contribution < -0.4 is 0 Å². The summed E-state index contributed by atoms with van der Waals surface area (Å²) in [4.78, 5) is 112. The number of rotatable bonds is 12. The normalized spacial score (nSPS) is 31.0. The van der Waals surface area contributed by atoms with E-state index in [1.807, 2.05) is 48.1 Å². The zero-order valence-electron chi connectivity index (χ0n) is 38.9. The Morgan fingerprint density at radius 3 is 1.20 bits per heavy atom. The van der Waals surface area contributed by atoms with Crippen LogP contribution in [0.1, 0.15) is 51.3 Å². The molecule has 14 aliphatic heterocycles. The smallest absolute Gasteiger partial charge is 0.261 e. The molecular formula is C45H54N8O8S9. The van der Waals surface area contributed by atoms with Gasteiger partial charge in [0.25, 0.3) is 47.3 Å². The fourth-order valence-electron chi connectivity index (χ4n) is 9.32. The average Bonchev–Trinajstić information content (AvgIpc) is 4.11. The number of amides is 8. The maximum atomic E-state index is 12.5. The van der Waals surface area contributed by atoms with Crippen molar-refractivity contribution in [2.24, 2.45) is 0 Å². The highest BCUT2D eigenvalue weighted by molar-refractivity contribution is 8.78. The Labute approximate surface area is 444 Å². The van der Waals surface area contributed by atoms with E-state index in [1.54, 1.807) is 74.5 Å². The van der Waals surface area contributed by atoms with Crippen molar-refractivity contribution in [1.29, 1.82) is 0 Å². The van der Waals surface area contributed by atoms with Crippen molar-refractivity contribution in [3.05, 3.63) is 84.2 Å². The second-order valence-electron chi connectivity index (χ2n) is 17.9. The van der Waals surface area contributed by atoms with Crippen LogP contribution in [0.5, 0.6) is 0 Å². The van der Waals surface area contributed by atoms with E-state index in [1.165, 1.54) is 64.8 Å². The van der Waals surface area contributed by atoms with Crippen molar-refractivity contribution >= 4 is 145 Å². The molecule has 15 rings (SSSR count). The van der Waals surface area contributed by atoms with Gasteiger partial charge in [0.2, 0.25) is 0 Å². The van der Waals surface area contributed by atoms with Gasteiger partial charge in [0.05, 0.1) is 6.54 Å². The second kappa shape index (κ2) is 21.8. The van der Waals surface area contributed by atoms with E-state index in [0.717, 1.165) is 60.4 Å². The van der Waals surface area contributed by atoms with Crippen LogP contribution in [-0.4, -0.2) is 174 Å². The maximum Gasteiger partial charge on any atom is 0.261 e. The molecule has 0 aliphatic carbocycles. The van der Waals surface area contributed by atoms with Crippen molar-refractivity contribution < 1.29 is 38.4 Å². The molecule has 15 heterocycles. The summed E-state index contributed by atoms with van der Waals surface area (Å²) < 4.78 is 0. The molecule has 14 saturated heterocycles.